The molecule has 0 aliphatic heterocycles. The Morgan fingerprint density at radius 2 is 1.86 bits per heavy atom. The summed E-state index contributed by atoms with van der Waals surface area (Å²) in [6, 6.07) is 10.2. The number of nitrogens with one attached hydrogen (secondary N) is 1. The van der Waals surface area contributed by atoms with Crippen molar-refractivity contribution < 1.29 is 8.42 Å². The van der Waals surface area contributed by atoms with Crippen LogP contribution in [0, 0.1) is 11.3 Å². The average Bonchev–Trinajstić information content (AvgIpc) is 2.42. The van der Waals surface area contributed by atoms with Gasteiger partial charge in [0.15, 0.2) is 0 Å². The summed E-state index contributed by atoms with van der Waals surface area (Å²) in [4.78, 5) is -0.150. The third-order valence-electron chi connectivity index (χ3n) is 2.61. The van der Waals surface area contributed by atoms with Crippen LogP contribution in [-0.4, -0.2) is 8.42 Å². The van der Waals surface area contributed by atoms with Crippen molar-refractivity contribution in [2.24, 2.45) is 0 Å². The highest BCUT2D eigenvalue weighted by atomic mass is 35.5. The summed E-state index contributed by atoms with van der Waals surface area (Å²) in [5.41, 5.74) is 6.35. The first-order valence-corrected chi connectivity index (χ1v) is 7.85. The predicted octanol–water partition coefficient (Wildman–Crippen LogP) is 3.25. The molecular weight excluding hydrogens is 333 g/mol. The van der Waals surface area contributed by atoms with Crippen molar-refractivity contribution in [2.75, 3.05) is 10.5 Å². The predicted molar refractivity (Wildman–Crippen MR) is 82.8 cm³/mol. The van der Waals surface area contributed by atoms with Crippen LogP contribution in [0.15, 0.2) is 41.3 Å². The van der Waals surface area contributed by atoms with Crippen molar-refractivity contribution in [3.05, 3.63) is 52.0 Å². The number of nitrogens with two attached hydrogens (primary N) is 1. The van der Waals surface area contributed by atoms with E-state index in [9.17, 15) is 8.42 Å². The molecule has 3 N–H and O–H groups in total. The smallest absolute Gasteiger partial charge is 0.263 e. The second-order valence-corrected chi connectivity index (χ2v) is 6.59. The molecule has 0 atom stereocenters. The number of hydrogen-bond donors (Lipinski definition) is 2. The molecule has 5 nitrogen and oxygen atoms in total. The molecule has 0 heterocycles. The van der Waals surface area contributed by atoms with Crippen LogP contribution in [0.25, 0.3) is 0 Å². The Morgan fingerprint density at radius 1 is 1.14 bits per heavy atom. The van der Waals surface area contributed by atoms with Gasteiger partial charge in [-0.2, -0.15) is 5.26 Å². The normalized spacial score (nSPS) is 10.9. The van der Waals surface area contributed by atoms with Gasteiger partial charge in [-0.3, -0.25) is 4.72 Å². The average molecular weight is 342 g/mol. The van der Waals surface area contributed by atoms with E-state index in [1.54, 1.807) is 6.07 Å². The summed E-state index contributed by atoms with van der Waals surface area (Å²) in [6.45, 7) is 0. The quantitative estimate of drug-likeness (QED) is 0.837. The largest absolute Gasteiger partial charge is 0.397 e. The minimum Gasteiger partial charge on any atom is -0.397 e. The molecule has 0 saturated heterocycles. The van der Waals surface area contributed by atoms with E-state index in [4.69, 9.17) is 34.2 Å². The molecule has 0 aliphatic carbocycles. The molecule has 0 unspecified atom stereocenters. The number of nitriles is 1. The van der Waals surface area contributed by atoms with Crippen LogP contribution in [0.4, 0.5) is 11.4 Å². The fraction of sp³-hybridized carbons (Fsp3) is 0. The number of halogens is 2. The number of benzene rings is 2. The summed E-state index contributed by atoms with van der Waals surface area (Å²) < 4.78 is 26.9. The van der Waals surface area contributed by atoms with Gasteiger partial charge in [-0.05, 0) is 36.4 Å². The van der Waals surface area contributed by atoms with Gasteiger partial charge in [-0.1, -0.05) is 23.2 Å². The van der Waals surface area contributed by atoms with Crippen LogP contribution < -0.4 is 10.5 Å². The van der Waals surface area contributed by atoms with E-state index in [-0.39, 0.29) is 26.9 Å². The van der Waals surface area contributed by atoms with Gasteiger partial charge in [-0.15, -0.1) is 0 Å². The van der Waals surface area contributed by atoms with Gasteiger partial charge < -0.3 is 5.73 Å². The lowest BCUT2D eigenvalue weighted by Gasteiger charge is -2.11. The van der Waals surface area contributed by atoms with Crippen molar-refractivity contribution in [1.82, 2.24) is 0 Å². The number of anilines is 2. The molecule has 2 aromatic rings. The van der Waals surface area contributed by atoms with Crippen molar-refractivity contribution in [2.45, 2.75) is 4.90 Å². The zero-order valence-corrected chi connectivity index (χ0v) is 12.8. The number of hydrogen-bond acceptors (Lipinski definition) is 4. The Balaban J connectivity index is 2.44. The van der Waals surface area contributed by atoms with Crippen molar-refractivity contribution in [1.29, 1.82) is 5.26 Å². The molecule has 0 fully saturated rings. The Hall–Kier alpha value is -1.94. The molecule has 0 spiro atoms. The lowest BCUT2D eigenvalue weighted by molar-refractivity contribution is 0.601. The molecule has 0 amide bonds. The molecule has 8 heteroatoms. The van der Waals surface area contributed by atoms with Crippen LogP contribution in [0.3, 0.4) is 0 Å². The van der Waals surface area contributed by atoms with Crippen LogP contribution in [0.5, 0.6) is 0 Å². The second-order valence-electron chi connectivity index (χ2n) is 4.09. The summed E-state index contributed by atoms with van der Waals surface area (Å²) in [6.07, 6.45) is 0. The summed E-state index contributed by atoms with van der Waals surface area (Å²) >= 11 is 11.7. The van der Waals surface area contributed by atoms with Gasteiger partial charge in [0.1, 0.15) is 4.90 Å². The molecule has 0 radical (unpaired) electrons. The van der Waals surface area contributed by atoms with E-state index in [0.717, 1.165) is 0 Å². The number of rotatable bonds is 3. The maximum atomic E-state index is 12.3. The van der Waals surface area contributed by atoms with Crippen LogP contribution in [0.2, 0.25) is 10.0 Å². The molecule has 21 heavy (non-hydrogen) atoms. The monoisotopic (exact) mass is 341 g/mol. The summed E-state index contributed by atoms with van der Waals surface area (Å²) in [5.74, 6) is 0. The molecule has 108 valence electrons. The fourth-order valence-electron chi connectivity index (χ4n) is 1.60. The third kappa shape index (κ3) is 3.39. The molecule has 2 rings (SSSR count). The van der Waals surface area contributed by atoms with Crippen molar-refractivity contribution in [3.63, 3.8) is 0 Å². The zero-order chi connectivity index (χ0) is 15.6. The van der Waals surface area contributed by atoms with E-state index in [2.05, 4.69) is 4.72 Å². The van der Waals surface area contributed by atoms with E-state index >= 15 is 0 Å². The third-order valence-corrected chi connectivity index (χ3v) is 4.69. The Kier molecular flexibility index (Phi) is 4.28. The van der Waals surface area contributed by atoms with Gasteiger partial charge in [0.2, 0.25) is 0 Å². The molecule has 0 aliphatic rings. The minimum absolute atomic E-state index is 0.0536. The number of sulfonamides is 1. The molecule has 0 bridgehead atoms. The lowest BCUT2D eigenvalue weighted by atomic mass is 10.2. The minimum atomic E-state index is -3.94. The highest BCUT2D eigenvalue weighted by Crippen LogP contribution is 2.28. The Labute approximate surface area is 132 Å². The molecule has 0 saturated carbocycles. The second kappa shape index (κ2) is 5.82. The lowest BCUT2D eigenvalue weighted by Crippen LogP contribution is -2.14. The standard InChI is InChI=1S/C13H9Cl2N3O2S/c14-9-2-3-11(17)12(6-9)18-21(19,20)13-4-1-8(7-16)5-10(13)15/h1-6,18H,17H2. The van der Waals surface area contributed by atoms with Crippen LogP contribution in [0.1, 0.15) is 5.56 Å². The van der Waals surface area contributed by atoms with E-state index in [0.29, 0.717) is 5.02 Å². The molecular formula is C13H9Cl2N3O2S. The summed E-state index contributed by atoms with van der Waals surface area (Å²) in [5, 5.41) is 9.04. The van der Waals surface area contributed by atoms with E-state index in [1.165, 1.54) is 30.3 Å². The van der Waals surface area contributed by atoms with Gasteiger partial charge >= 0.3 is 0 Å². The molecule has 2 aromatic carbocycles. The topological polar surface area (TPSA) is 96.0 Å². The Bertz CT molecular complexity index is 845. The maximum absolute atomic E-state index is 12.3. The number of nitrogens with zero attached hydrogens (tertiary/aromatic N) is 1. The van der Waals surface area contributed by atoms with Crippen LogP contribution in [-0.2, 0) is 10.0 Å². The highest BCUT2D eigenvalue weighted by Gasteiger charge is 2.19. The first-order valence-electron chi connectivity index (χ1n) is 5.61. The first-order chi connectivity index (χ1) is 9.83. The Morgan fingerprint density at radius 3 is 2.48 bits per heavy atom. The fourth-order valence-corrected chi connectivity index (χ4v) is 3.40. The van der Waals surface area contributed by atoms with Crippen molar-refractivity contribution >= 4 is 44.6 Å². The van der Waals surface area contributed by atoms with Gasteiger partial charge in [-0.25, -0.2) is 8.42 Å². The van der Waals surface area contributed by atoms with Gasteiger partial charge in [0, 0.05) is 5.02 Å². The van der Waals surface area contributed by atoms with Gasteiger partial charge in [0.25, 0.3) is 10.0 Å². The van der Waals surface area contributed by atoms with E-state index < -0.39 is 10.0 Å². The van der Waals surface area contributed by atoms with Gasteiger partial charge in [0.05, 0.1) is 28.0 Å². The first kappa shape index (κ1) is 15.4. The number of nitrogen functional groups attached to an aromatic ring is 1. The SMILES string of the molecule is N#Cc1ccc(S(=O)(=O)Nc2cc(Cl)ccc2N)c(Cl)c1. The van der Waals surface area contributed by atoms with Crippen LogP contribution >= 0.6 is 23.2 Å². The van der Waals surface area contributed by atoms with E-state index in [1.807, 2.05) is 6.07 Å². The zero-order valence-electron chi connectivity index (χ0n) is 10.5. The molecule has 0 aromatic heterocycles. The summed E-state index contributed by atoms with van der Waals surface area (Å²) in [7, 11) is -3.94. The van der Waals surface area contributed by atoms with Crippen molar-refractivity contribution in [3.8, 4) is 6.07 Å². The maximum Gasteiger partial charge on any atom is 0.263 e. The highest BCUT2D eigenvalue weighted by molar-refractivity contribution is 7.92.